The second-order valence-corrected chi connectivity index (χ2v) is 17.8. The first-order chi connectivity index (χ1) is 24.0. The van der Waals surface area contributed by atoms with E-state index >= 15 is 0 Å². The van der Waals surface area contributed by atoms with Crippen LogP contribution in [0.3, 0.4) is 0 Å². The van der Waals surface area contributed by atoms with Crippen LogP contribution in [0.1, 0.15) is 112 Å². The highest BCUT2D eigenvalue weighted by Gasteiger charge is 2.67. The maximum atomic E-state index is 12.3. The maximum absolute atomic E-state index is 12.3. The van der Waals surface area contributed by atoms with Gasteiger partial charge in [0, 0.05) is 24.7 Å². The molecule has 4 aliphatic carbocycles. The van der Waals surface area contributed by atoms with Gasteiger partial charge in [-0.2, -0.15) is 0 Å². The number of aliphatic hydroxyl groups excluding tert-OH is 5. The summed E-state index contributed by atoms with van der Waals surface area (Å²) in [6.45, 7) is 11.8. The molecule has 0 bridgehead atoms. The van der Waals surface area contributed by atoms with Gasteiger partial charge in [0.05, 0.1) is 54.4 Å². The fourth-order valence-corrected chi connectivity index (χ4v) is 11.8. The average Bonchev–Trinajstić information content (AvgIpc) is 3.34. The Morgan fingerprint density at radius 1 is 0.725 bits per heavy atom. The van der Waals surface area contributed by atoms with Crippen molar-refractivity contribution in [3.05, 3.63) is 11.6 Å². The summed E-state index contributed by atoms with van der Waals surface area (Å²) in [7, 11) is 0. The third kappa shape index (κ3) is 6.79. The Balaban J connectivity index is 0.912. The standard InChI is InChI=1S/C39H64O12/c1-19(40)25-11-14-39(45)27-8-7-23-15-24(9-12-37(23,5)26(27)10-13-38(25,39)6)49-31-17-29(42)35(21(3)47-31)51-33-18-30(43)36(22(4)48-33)50-32-16-28(41)34(44)20(2)46-32/h7,19-22,24-36,40-45H,8-18H2,1-6H3/t19-,20-,21-,22-,24-,25+,26-,27+,28-,29+,30-,31-,32+,33+,34-,35-,36+,37-,38+,39-/m0/s1. The third-order valence-corrected chi connectivity index (χ3v) is 14.8. The molecule has 20 atom stereocenters. The maximum Gasteiger partial charge on any atom is 0.161 e. The van der Waals surface area contributed by atoms with Crippen molar-refractivity contribution in [3.63, 3.8) is 0 Å². The number of allylic oxidation sites excluding steroid dienone is 1. The Labute approximate surface area is 302 Å². The summed E-state index contributed by atoms with van der Waals surface area (Å²) in [5, 5.41) is 65.2. The molecule has 7 aliphatic rings. The lowest BCUT2D eigenvalue weighted by Gasteiger charge is -2.61. The van der Waals surface area contributed by atoms with Crippen LogP contribution in [0.25, 0.3) is 0 Å². The molecule has 3 saturated heterocycles. The molecule has 6 fully saturated rings. The summed E-state index contributed by atoms with van der Waals surface area (Å²) in [5.74, 6) is 0.752. The van der Waals surface area contributed by atoms with Crippen molar-refractivity contribution in [1.82, 2.24) is 0 Å². The van der Waals surface area contributed by atoms with Crippen LogP contribution in [0.15, 0.2) is 11.6 Å². The molecule has 51 heavy (non-hydrogen) atoms. The van der Waals surface area contributed by atoms with E-state index in [1.54, 1.807) is 13.8 Å². The lowest BCUT2D eigenvalue weighted by Crippen LogP contribution is -2.61. The topological polar surface area (TPSA) is 177 Å². The first-order valence-corrected chi connectivity index (χ1v) is 19.8. The summed E-state index contributed by atoms with van der Waals surface area (Å²) in [5.41, 5.74) is 0.439. The minimum Gasteiger partial charge on any atom is -0.393 e. The monoisotopic (exact) mass is 724 g/mol. The van der Waals surface area contributed by atoms with E-state index in [0.29, 0.717) is 5.92 Å². The highest BCUT2D eigenvalue weighted by atomic mass is 16.7. The fourth-order valence-electron chi connectivity index (χ4n) is 11.8. The zero-order valence-corrected chi connectivity index (χ0v) is 31.3. The smallest absolute Gasteiger partial charge is 0.161 e. The molecular formula is C39H64O12. The zero-order valence-electron chi connectivity index (χ0n) is 31.3. The van der Waals surface area contributed by atoms with Crippen LogP contribution in [0.5, 0.6) is 0 Å². The summed E-state index contributed by atoms with van der Waals surface area (Å²) >= 11 is 0. The Hall–Kier alpha value is -0.740. The van der Waals surface area contributed by atoms with Crippen molar-refractivity contribution in [2.75, 3.05) is 0 Å². The van der Waals surface area contributed by atoms with Crippen molar-refractivity contribution in [1.29, 1.82) is 0 Å². The number of hydrogen-bond acceptors (Lipinski definition) is 12. The molecule has 292 valence electrons. The molecule has 6 N–H and O–H groups in total. The highest BCUT2D eigenvalue weighted by Crippen LogP contribution is 2.68. The van der Waals surface area contributed by atoms with E-state index in [2.05, 4.69) is 19.9 Å². The van der Waals surface area contributed by atoms with Crippen molar-refractivity contribution in [3.8, 4) is 0 Å². The quantitative estimate of drug-likeness (QED) is 0.212. The molecule has 3 saturated carbocycles. The molecule has 0 radical (unpaired) electrons. The van der Waals surface area contributed by atoms with Gasteiger partial charge in [0.1, 0.15) is 18.3 Å². The Morgan fingerprint density at radius 3 is 1.86 bits per heavy atom. The fraction of sp³-hybridized carbons (Fsp3) is 0.949. The summed E-state index contributed by atoms with van der Waals surface area (Å²) < 4.78 is 36.8. The summed E-state index contributed by atoms with van der Waals surface area (Å²) in [4.78, 5) is 0. The van der Waals surface area contributed by atoms with Crippen LogP contribution in [0, 0.1) is 28.6 Å². The molecule has 0 aromatic heterocycles. The van der Waals surface area contributed by atoms with Gasteiger partial charge in [-0.25, -0.2) is 0 Å². The van der Waals surface area contributed by atoms with E-state index in [1.807, 2.05) is 13.8 Å². The lowest BCUT2D eigenvalue weighted by molar-refractivity contribution is -0.335. The first-order valence-electron chi connectivity index (χ1n) is 19.8. The van der Waals surface area contributed by atoms with Gasteiger partial charge >= 0.3 is 0 Å². The van der Waals surface area contributed by atoms with Gasteiger partial charge in [-0.3, -0.25) is 0 Å². The average molecular weight is 725 g/mol. The Morgan fingerprint density at radius 2 is 1.29 bits per heavy atom. The van der Waals surface area contributed by atoms with Gasteiger partial charge in [0.25, 0.3) is 0 Å². The van der Waals surface area contributed by atoms with Crippen LogP contribution in [0.4, 0.5) is 0 Å². The van der Waals surface area contributed by atoms with Crippen molar-refractivity contribution in [2.45, 2.75) is 204 Å². The molecule has 12 nitrogen and oxygen atoms in total. The molecule has 0 amide bonds. The predicted octanol–water partition coefficient (Wildman–Crippen LogP) is 3.07. The summed E-state index contributed by atoms with van der Waals surface area (Å²) in [6, 6.07) is 0. The van der Waals surface area contributed by atoms with Gasteiger partial charge in [0.2, 0.25) is 0 Å². The van der Waals surface area contributed by atoms with Crippen molar-refractivity contribution in [2.24, 2.45) is 28.6 Å². The first kappa shape index (κ1) is 38.5. The molecule has 0 spiro atoms. The molecule has 0 unspecified atom stereocenters. The van der Waals surface area contributed by atoms with Crippen LogP contribution in [-0.4, -0.2) is 122 Å². The van der Waals surface area contributed by atoms with Crippen LogP contribution < -0.4 is 0 Å². The van der Waals surface area contributed by atoms with Gasteiger partial charge in [-0.05, 0) is 102 Å². The van der Waals surface area contributed by atoms with E-state index in [0.717, 1.165) is 51.4 Å². The minimum atomic E-state index is -0.994. The number of hydrogen-bond donors (Lipinski definition) is 6. The number of ether oxygens (including phenoxy) is 6. The SMILES string of the molecule is C[C@H](O)[C@H]1CC[C@]2(O)[C@@H]3CC=C4C[C@@H](O[C@H]5C[C@@H](O)[C@@H](O[C@@H]6C[C@H](O)[C@H](O[C@@H]7C[C@H](O)[C@@H](O)[C@H](C)O7)[C@H](C)O6)[C@H](C)O5)CC[C@]4(C)[C@H]3CC[C@]12C. The molecule has 0 aromatic rings. The van der Waals surface area contributed by atoms with E-state index in [9.17, 15) is 30.6 Å². The number of fused-ring (bicyclic) bond motifs is 5. The summed E-state index contributed by atoms with van der Waals surface area (Å²) in [6.07, 6.45) is 0.656. The molecule has 12 heteroatoms. The Bertz CT molecular complexity index is 1230. The minimum absolute atomic E-state index is 0.0132. The van der Waals surface area contributed by atoms with Gasteiger partial charge in [-0.1, -0.05) is 25.5 Å². The van der Waals surface area contributed by atoms with Gasteiger partial charge in [0.15, 0.2) is 18.9 Å². The van der Waals surface area contributed by atoms with Gasteiger partial charge < -0.3 is 59.1 Å². The van der Waals surface area contributed by atoms with E-state index in [-0.39, 0.29) is 48.0 Å². The normalized spacial score (nSPS) is 55.3. The second kappa shape index (κ2) is 14.4. The lowest BCUT2D eigenvalue weighted by atomic mass is 9.45. The molecule has 0 aromatic carbocycles. The largest absolute Gasteiger partial charge is 0.393 e. The highest BCUT2D eigenvalue weighted by molar-refractivity contribution is 5.28. The van der Waals surface area contributed by atoms with Crippen LogP contribution in [-0.2, 0) is 28.4 Å². The Kier molecular flexibility index (Phi) is 10.9. The number of rotatable bonds is 7. The van der Waals surface area contributed by atoms with Crippen molar-refractivity contribution >= 4 is 0 Å². The predicted molar refractivity (Wildman–Crippen MR) is 184 cm³/mol. The molecular weight excluding hydrogens is 660 g/mol. The second-order valence-electron chi connectivity index (χ2n) is 17.8. The van der Waals surface area contributed by atoms with Gasteiger partial charge in [-0.15, -0.1) is 0 Å². The van der Waals surface area contributed by atoms with E-state index in [4.69, 9.17) is 28.4 Å². The zero-order chi connectivity index (χ0) is 36.6. The van der Waals surface area contributed by atoms with Crippen molar-refractivity contribution < 1.29 is 59.1 Å². The third-order valence-electron chi connectivity index (χ3n) is 14.8. The van der Waals surface area contributed by atoms with Crippen LogP contribution in [0.2, 0.25) is 0 Å². The molecule has 3 heterocycles. The van der Waals surface area contributed by atoms with E-state index < -0.39 is 85.5 Å². The molecule has 3 aliphatic heterocycles. The van der Waals surface area contributed by atoms with E-state index in [1.165, 1.54) is 5.57 Å². The number of aliphatic hydroxyl groups is 6. The van der Waals surface area contributed by atoms with Crippen LogP contribution >= 0.6 is 0 Å². The molecule has 7 rings (SSSR count).